The van der Waals surface area contributed by atoms with E-state index in [1.54, 1.807) is 20.0 Å². The summed E-state index contributed by atoms with van der Waals surface area (Å²) >= 11 is 0. The van der Waals surface area contributed by atoms with Gasteiger partial charge in [-0.25, -0.2) is 9.97 Å². The van der Waals surface area contributed by atoms with Gasteiger partial charge in [0.25, 0.3) is 11.6 Å². The average Bonchev–Trinajstić information content (AvgIpc) is 2.63. The van der Waals surface area contributed by atoms with E-state index in [-0.39, 0.29) is 11.6 Å². The van der Waals surface area contributed by atoms with Gasteiger partial charge in [0.2, 0.25) is 5.95 Å². The van der Waals surface area contributed by atoms with E-state index >= 15 is 0 Å². The molecule has 1 fully saturated rings. The van der Waals surface area contributed by atoms with Crippen LogP contribution in [0.1, 0.15) is 41.4 Å². The fraction of sp³-hybridized carbons (Fsp3) is 0.421. The van der Waals surface area contributed by atoms with Crippen LogP contribution in [0.4, 0.5) is 17.3 Å². The van der Waals surface area contributed by atoms with Gasteiger partial charge in [0, 0.05) is 37.1 Å². The predicted molar refractivity (Wildman–Crippen MR) is 103 cm³/mol. The summed E-state index contributed by atoms with van der Waals surface area (Å²) in [5, 5.41) is 13.6. The highest BCUT2D eigenvalue weighted by Gasteiger charge is 2.20. The number of non-ortho nitro benzene ring substituents is 1. The van der Waals surface area contributed by atoms with Gasteiger partial charge in [0.15, 0.2) is 0 Å². The lowest BCUT2D eigenvalue weighted by Gasteiger charge is -2.30. The van der Waals surface area contributed by atoms with E-state index in [1.165, 1.54) is 18.2 Å². The predicted octanol–water partition coefficient (Wildman–Crippen LogP) is 3.49. The highest BCUT2D eigenvalue weighted by Crippen LogP contribution is 2.23. The Balaban J connectivity index is 1.74. The zero-order valence-electron chi connectivity index (χ0n) is 15.7. The first-order valence-corrected chi connectivity index (χ1v) is 9.00. The molecule has 0 atom stereocenters. The second-order valence-corrected chi connectivity index (χ2v) is 7.05. The molecule has 3 rings (SSSR count). The number of carbonyl (C=O) groups excluding carboxylic acids is 1. The zero-order valence-corrected chi connectivity index (χ0v) is 15.7. The quantitative estimate of drug-likeness (QED) is 0.654. The van der Waals surface area contributed by atoms with E-state index in [9.17, 15) is 14.9 Å². The van der Waals surface area contributed by atoms with Crippen LogP contribution in [0, 0.1) is 29.9 Å². The molecule has 0 saturated carbocycles. The second kappa shape index (κ2) is 7.69. The Hall–Kier alpha value is -3.03. The Morgan fingerprint density at radius 1 is 1.30 bits per heavy atom. The number of anilines is 2. The van der Waals surface area contributed by atoms with Crippen LogP contribution in [0.2, 0.25) is 0 Å². The van der Waals surface area contributed by atoms with Crippen molar-refractivity contribution in [3.05, 3.63) is 51.3 Å². The molecule has 0 radical (unpaired) electrons. The molecular formula is C19H23N5O3. The van der Waals surface area contributed by atoms with Crippen LogP contribution in [0.15, 0.2) is 24.4 Å². The molecule has 27 heavy (non-hydrogen) atoms. The van der Waals surface area contributed by atoms with Crippen LogP contribution in [-0.2, 0) is 0 Å². The average molecular weight is 369 g/mol. The van der Waals surface area contributed by atoms with Crippen LogP contribution in [0.25, 0.3) is 0 Å². The van der Waals surface area contributed by atoms with Gasteiger partial charge in [-0.15, -0.1) is 0 Å². The van der Waals surface area contributed by atoms with Crippen molar-refractivity contribution in [2.45, 2.75) is 33.6 Å². The standard InChI is InChI=1S/C19H23N5O3/c1-12-6-8-23(9-7-12)19-20-11-16(14(3)21-19)18(25)22-17-5-4-15(24(26)27)10-13(17)2/h4-5,10-12H,6-9H2,1-3H3,(H,22,25). The van der Waals surface area contributed by atoms with Gasteiger partial charge < -0.3 is 10.2 Å². The second-order valence-electron chi connectivity index (χ2n) is 7.05. The molecular weight excluding hydrogens is 346 g/mol. The molecule has 2 aromatic rings. The van der Waals surface area contributed by atoms with Gasteiger partial charge in [-0.1, -0.05) is 6.92 Å². The SMILES string of the molecule is Cc1cc([N+](=O)[O-])ccc1NC(=O)c1cnc(N2CCC(C)CC2)nc1C. The highest BCUT2D eigenvalue weighted by atomic mass is 16.6. The summed E-state index contributed by atoms with van der Waals surface area (Å²) in [6.45, 7) is 7.60. The Kier molecular flexibility index (Phi) is 5.34. The molecule has 1 aromatic heterocycles. The number of hydrogen-bond donors (Lipinski definition) is 1. The van der Waals surface area contributed by atoms with Crippen molar-refractivity contribution in [2.75, 3.05) is 23.3 Å². The van der Waals surface area contributed by atoms with Gasteiger partial charge >= 0.3 is 0 Å². The number of nitro benzene ring substituents is 1. The number of nitrogens with one attached hydrogen (secondary N) is 1. The Morgan fingerprint density at radius 2 is 2.00 bits per heavy atom. The molecule has 142 valence electrons. The number of hydrogen-bond acceptors (Lipinski definition) is 6. The minimum atomic E-state index is -0.462. The number of aryl methyl sites for hydroxylation is 2. The molecule has 0 spiro atoms. The zero-order chi connectivity index (χ0) is 19.6. The first-order valence-electron chi connectivity index (χ1n) is 9.00. The molecule has 2 heterocycles. The van der Waals surface area contributed by atoms with Crippen molar-refractivity contribution >= 4 is 23.2 Å². The molecule has 8 nitrogen and oxygen atoms in total. The molecule has 1 aliphatic heterocycles. The van der Waals surface area contributed by atoms with E-state index in [4.69, 9.17) is 0 Å². The van der Waals surface area contributed by atoms with Crippen LogP contribution in [0.3, 0.4) is 0 Å². The molecule has 1 aliphatic rings. The molecule has 0 unspecified atom stereocenters. The summed E-state index contributed by atoms with van der Waals surface area (Å²) in [6, 6.07) is 4.33. The van der Waals surface area contributed by atoms with Gasteiger partial charge in [-0.2, -0.15) is 0 Å². The van der Waals surface area contributed by atoms with Gasteiger partial charge in [-0.3, -0.25) is 14.9 Å². The van der Waals surface area contributed by atoms with Crippen molar-refractivity contribution in [1.29, 1.82) is 0 Å². The molecule has 1 amide bonds. The minimum absolute atomic E-state index is 0.00906. The Morgan fingerprint density at radius 3 is 2.59 bits per heavy atom. The third-order valence-electron chi connectivity index (χ3n) is 4.95. The van der Waals surface area contributed by atoms with E-state index < -0.39 is 4.92 Å². The number of nitrogens with zero attached hydrogens (tertiary/aromatic N) is 4. The summed E-state index contributed by atoms with van der Waals surface area (Å²) in [5.41, 5.74) is 2.14. The fourth-order valence-electron chi connectivity index (χ4n) is 3.13. The third-order valence-corrected chi connectivity index (χ3v) is 4.95. The topological polar surface area (TPSA) is 101 Å². The van der Waals surface area contributed by atoms with Gasteiger partial charge in [0.1, 0.15) is 0 Å². The largest absolute Gasteiger partial charge is 0.341 e. The van der Waals surface area contributed by atoms with Crippen LogP contribution in [0.5, 0.6) is 0 Å². The van der Waals surface area contributed by atoms with Crippen molar-refractivity contribution < 1.29 is 9.72 Å². The molecule has 1 saturated heterocycles. The minimum Gasteiger partial charge on any atom is -0.341 e. The maximum atomic E-state index is 12.6. The first kappa shape index (κ1) is 18.8. The van der Waals surface area contributed by atoms with Crippen LogP contribution >= 0.6 is 0 Å². The monoisotopic (exact) mass is 369 g/mol. The number of piperidine rings is 1. The lowest BCUT2D eigenvalue weighted by molar-refractivity contribution is -0.384. The smallest absolute Gasteiger partial charge is 0.269 e. The van der Waals surface area contributed by atoms with E-state index in [1.807, 2.05) is 0 Å². The Labute approximate surface area is 157 Å². The third kappa shape index (κ3) is 4.21. The first-order chi connectivity index (χ1) is 12.8. The maximum Gasteiger partial charge on any atom is 0.269 e. The van der Waals surface area contributed by atoms with E-state index in [0.717, 1.165) is 31.8 Å². The number of rotatable bonds is 4. The molecule has 0 bridgehead atoms. The number of amides is 1. The normalized spacial score (nSPS) is 14.9. The van der Waals surface area contributed by atoms with E-state index in [0.29, 0.717) is 28.5 Å². The molecule has 8 heteroatoms. The number of nitro groups is 1. The van der Waals surface area contributed by atoms with Crippen molar-refractivity contribution in [3.8, 4) is 0 Å². The van der Waals surface area contributed by atoms with Crippen molar-refractivity contribution in [2.24, 2.45) is 5.92 Å². The van der Waals surface area contributed by atoms with Crippen molar-refractivity contribution in [1.82, 2.24) is 9.97 Å². The molecule has 1 N–H and O–H groups in total. The molecule has 1 aromatic carbocycles. The summed E-state index contributed by atoms with van der Waals surface area (Å²) in [7, 11) is 0. The molecule has 0 aliphatic carbocycles. The summed E-state index contributed by atoms with van der Waals surface area (Å²) in [4.78, 5) is 34.0. The maximum absolute atomic E-state index is 12.6. The van der Waals surface area contributed by atoms with E-state index in [2.05, 4.69) is 27.1 Å². The number of carbonyl (C=O) groups is 1. The van der Waals surface area contributed by atoms with Crippen LogP contribution in [-0.4, -0.2) is 33.9 Å². The van der Waals surface area contributed by atoms with Crippen LogP contribution < -0.4 is 10.2 Å². The van der Waals surface area contributed by atoms with Gasteiger partial charge in [-0.05, 0) is 44.2 Å². The Bertz CT molecular complexity index is 876. The lowest BCUT2D eigenvalue weighted by Crippen LogP contribution is -2.34. The summed E-state index contributed by atoms with van der Waals surface area (Å²) in [5.74, 6) is 1.04. The fourth-order valence-corrected chi connectivity index (χ4v) is 3.13. The van der Waals surface area contributed by atoms with Gasteiger partial charge in [0.05, 0.1) is 16.2 Å². The summed E-state index contributed by atoms with van der Waals surface area (Å²) < 4.78 is 0. The van der Waals surface area contributed by atoms with Crippen molar-refractivity contribution in [3.63, 3.8) is 0 Å². The summed E-state index contributed by atoms with van der Waals surface area (Å²) in [6.07, 6.45) is 3.78. The highest BCUT2D eigenvalue weighted by molar-refractivity contribution is 6.05. The lowest BCUT2D eigenvalue weighted by atomic mass is 10.00. The number of benzene rings is 1. The number of aromatic nitrogens is 2.